The van der Waals surface area contributed by atoms with E-state index in [0.717, 1.165) is 74.0 Å². The van der Waals surface area contributed by atoms with Gasteiger partial charge in [0.15, 0.2) is 5.78 Å². The van der Waals surface area contributed by atoms with E-state index in [1.54, 1.807) is 6.26 Å². The molecule has 1 amide bonds. The van der Waals surface area contributed by atoms with Crippen LogP contribution in [0.15, 0.2) is 34.9 Å². The highest BCUT2D eigenvalue weighted by molar-refractivity contribution is 6.00. The number of hydrogen-bond acceptors (Lipinski definition) is 7. The van der Waals surface area contributed by atoms with Gasteiger partial charge in [-0.3, -0.25) is 9.59 Å². The van der Waals surface area contributed by atoms with Crippen LogP contribution in [0, 0.1) is 11.3 Å². The van der Waals surface area contributed by atoms with Gasteiger partial charge in [-0.25, -0.2) is 0 Å². The molecular formula is C34H45N3O6. The van der Waals surface area contributed by atoms with E-state index in [-0.39, 0.29) is 41.8 Å². The van der Waals surface area contributed by atoms with Crippen molar-refractivity contribution in [3.8, 4) is 5.75 Å². The van der Waals surface area contributed by atoms with Gasteiger partial charge in [0, 0.05) is 55.0 Å². The molecule has 1 aromatic carbocycles. The number of aliphatic hydroxyl groups excluding tert-OH is 1. The molecule has 4 N–H and O–H groups in total. The molecule has 2 aliphatic carbocycles. The molecule has 3 heterocycles. The number of nitrogens with zero attached hydrogens (tertiary/aromatic N) is 1. The number of fused-ring (bicyclic) bond motifs is 2. The molecule has 0 spiro atoms. The first-order chi connectivity index (χ1) is 20.5. The summed E-state index contributed by atoms with van der Waals surface area (Å²) in [4.78, 5) is 31.6. The van der Waals surface area contributed by atoms with Gasteiger partial charge < -0.3 is 34.6 Å². The normalized spacial score (nSPS) is 27.7. The Bertz CT molecular complexity index is 1480. The van der Waals surface area contributed by atoms with Crippen molar-refractivity contribution in [2.75, 3.05) is 19.6 Å². The van der Waals surface area contributed by atoms with Crippen molar-refractivity contribution >= 4 is 22.6 Å². The molecule has 2 atom stereocenters. The van der Waals surface area contributed by atoms with Crippen molar-refractivity contribution in [1.82, 2.24) is 15.2 Å². The number of ketones is 1. The van der Waals surface area contributed by atoms with Gasteiger partial charge in [0.1, 0.15) is 23.8 Å². The van der Waals surface area contributed by atoms with Gasteiger partial charge in [-0.05, 0) is 68.1 Å². The van der Waals surface area contributed by atoms with Crippen LogP contribution in [0.25, 0.3) is 10.9 Å². The predicted octanol–water partition coefficient (Wildman–Crippen LogP) is 4.99. The number of carbonyl (C=O) groups is 2. The summed E-state index contributed by atoms with van der Waals surface area (Å²) in [5.41, 5.74) is 1.86. The van der Waals surface area contributed by atoms with Crippen LogP contribution in [0.4, 0.5) is 0 Å². The van der Waals surface area contributed by atoms with Crippen molar-refractivity contribution < 1.29 is 29.0 Å². The van der Waals surface area contributed by atoms with Crippen molar-refractivity contribution in [3.05, 3.63) is 53.1 Å². The van der Waals surface area contributed by atoms with Gasteiger partial charge in [-0.1, -0.05) is 26.8 Å². The lowest BCUT2D eigenvalue weighted by Gasteiger charge is -2.39. The zero-order chi connectivity index (χ0) is 30.4. The van der Waals surface area contributed by atoms with Crippen LogP contribution in [0.3, 0.4) is 0 Å². The Hall–Kier alpha value is -3.14. The van der Waals surface area contributed by atoms with Gasteiger partial charge in [-0.2, -0.15) is 0 Å². The van der Waals surface area contributed by atoms with Gasteiger partial charge >= 0.3 is 0 Å². The highest BCUT2D eigenvalue weighted by Crippen LogP contribution is 2.38. The number of piperidine rings is 1. The molecule has 1 saturated carbocycles. The lowest BCUT2D eigenvalue weighted by atomic mass is 9.76. The summed E-state index contributed by atoms with van der Waals surface area (Å²) in [6.45, 7) is 9.02. The zero-order valence-corrected chi connectivity index (χ0v) is 25.6. The number of hydrogen-bond donors (Lipinski definition) is 4. The number of likely N-dealkylation sites (tertiary alicyclic amines) is 1. The number of ether oxygens (including phenoxy) is 1. The van der Waals surface area contributed by atoms with Crippen LogP contribution in [0.2, 0.25) is 0 Å². The molecule has 9 nitrogen and oxygen atoms in total. The van der Waals surface area contributed by atoms with E-state index in [0.29, 0.717) is 36.3 Å². The maximum atomic E-state index is 13.2. The fourth-order valence-electron chi connectivity index (χ4n) is 7.16. The summed E-state index contributed by atoms with van der Waals surface area (Å²) >= 11 is 0. The summed E-state index contributed by atoms with van der Waals surface area (Å²) in [5, 5.41) is 25.1. The lowest BCUT2D eigenvalue weighted by Crippen LogP contribution is -2.47. The van der Waals surface area contributed by atoms with Crippen LogP contribution in [0.5, 0.6) is 5.75 Å². The van der Waals surface area contributed by atoms with Crippen molar-refractivity contribution in [2.45, 2.75) is 96.5 Å². The van der Waals surface area contributed by atoms with Crippen molar-refractivity contribution in [3.63, 3.8) is 0 Å². The highest BCUT2D eigenvalue weighted by Gasteiger charge is 2.36. The topological polar surface area (TPSA) is 128 Å². The summed E-state index contributed by atoms with van der Waals surface area (Å²) in [7, 11) is 0. The largest absolute Gasteiger partial charge is 0.488 e. The number of aromatic nitrogens is 1. The Morgan fingerprint density at radius 2 is 2.00 bits per heavy atom. The van der Waals surface area contributed by atoms with Crippen LogP contribution in [-0.4, -0.2) is 69.2 Å². The number of carbonyl (C=O) groups excluding carboxylic acids is 2. The van der Waals surface area contributed by atoms with Crippen molar-refractivity contribution in [2.24, 2.45) is 11.3 Å². The maximum Gasteiger partial charge on any atom is 0.267 e. The molecule has 3 aliphatic rings. The Labute approximate surface area is 253 Å². The molecule has 1 saturated heterocycles. The van der Waals surface area contributed by atoms with E-state index in [1.165, 1.54) is 0 Å². The van der Waals surface area contributed by atoms with Crippen LogP contribution in [0.1, 0.15) is 97.9 Å². The first kappa shape index (κ1) is 29.9. The third-order valence-corrected chi connectivity index (χ3v) is 9.84. The highest BCUT2D eigenvalue weighted by atomic mass is 16.5. The SMILES string of the molecule is C[C@H]1CN(CCC2(O)CCC(NC(=O)c3cc4c(OCc5coc6c5C(=O)CC(C)(C)C6)cccc4[nH]3)CC2)CC[C@@H]1O. The van der Waals surface area contributed by atoms with Gasteiger partial charge in [0.25, 0.3) is 5.91 Å². The summed E-state index contributed by atoms with van der Waals surface area (Å²) < 4.78 is 11.9. The number of aliphatic hydroxyl groups is 2. The third kappa shape index (κ3) is 6.54. The fourth-order valence-corrected chi connectivity index (χ4v) is 7.16. The Kier molecular flexibility index (Phi) is 8.17. The molecule has 43 heavy (non-hydrogen) atoms. The van der Waals surface area contributed by atoms with Gasteiger partial charge in [0.05, 0.1) is 23.5 Å². The standard InChI is InChI=1S/C34H45N3O6/c1-21-18-37(13-9-27(21)38)14-12-34(41)10-7-23(8-11-34)35-32(40)26-15-24-25(36-26)5-4-6-29(24)42-19-22-20-43-30-17-33(2,3)16-28(39)31(22)30/h4-6,15,20-21,23,27,36,38,41H,7-14,16-19H2,1-3H3,(H,35,40)/t21-,23?,27-,34?/m0/s1. The number of H-pyrrole nitrogens is 1. The quantitative estimate of drug-likeness (QED) is 0.291. The van der Waals surface area contributed by atoms with E-state index in [2.05, 4.69) is 36.0 Å². The predicted molar refractivity (Wildman–Crippen MR) is 163 cm³/mol. The molecule has 1 aliphatic heterocycles. The summed E-state index contributed by atoms with van der Waals surface area (Å²) in [6.07, 6.45) is 6.92. The average molecular weight is 592 g/mol. The number of aromatic amines is 1. The minimum Gasteiger partial charge on any atom is -0.488 e. The van der Waals surface area contributed by atoms with Crippen LogP contribution >= 0.6 is 0 Å². The number of amides is 1. The Morgan fingerprint density at radius 3 is 2.77 bits per heavy atom. The number of furan rings is 1. The lowest BCUT2D eigenvalue weighted by molar-refractivity contribution is -0.0272. The molecule has 3 aromatic rings. The second-order valence-corrected chi connectivity index (χ2v) is 14.0. The zero-order valence-electron chi connectivity index (χ0n) is 25.6. The first-order valence-corrected chi connectivity index (χ1v) is 15.8. The van der Waals surface area contributed by atoms with E-state index < -0.39 is 5.60 Å². The van der Waals surface area contributed by atoms with E-state index >= 15 is 0 Å². The summed E-state index contributed by atoms with van der Waals surface area (Å²) in [6, 6.07) is 7.48. The molecule has 2 fully saturated rings. The number of benzene rings is 1. The van der Waals surface area contributed by atoms with Crippen LogP contribution in [-0.2, 0) is 13.0 Å². The van der Waals surface area contributed by atoms with E-state index in [1.807, 2.05) is 24.3 Å². The first-order valence-electron chi connectivity index (χ1n) is 15.8. The Balaban J connectivity index is 1.04. The Morgan fingerprint density at radius 1 is 1.21 bits per heavy atom. The maximum absolute atomic E-state index is 13.2. The van der Waals surface area contributed by atoms with Crippen LogP contribution < -0.4 is 10.1 Å². The molecule has 6 rings (SSSR count). The molecule has 0 radical (unpaired) electrons. The van der Waals surface area contributed by atoms with Gasteiger partial charge in [-0.15, -0.1) is 0 Å². The van der Waals surface area contributed by atoms with Crippen molar-refractivity contribution in [1.29, 1.82) is 0 Å². The van der Waals surface area contributed by atoms with E-state index in [9.17, 15) is 19.8 Å². The average Bonchev–Trinajstić information content (AvgIpc) is 3.58. The minimum atomic E-state index is -0.705. The smallest absolute Gasteiger partial charge is 0.267 e. The number of Topliss-reactive ketones (excluding diaryl/α,β-unsaturated/α-hetero) is 1. The molecule has 0 unspecified atom stereocenters. The number of rotatable bonds is 8. The van der Waals surface area contributed by atoms with E-state index in [4.69, 9.17) is 9.15 Å². The third-order valence-electron chi connectivity index (χ3n) is 9.84. The molecule has 0 bridgehead atoms. The molecule has 9 heteroatoms. The number of nitrogens with one attached hydrogen (secondary N) is 2. The van der Waals surface area contributed by atoms with Gasteiger partial charge in [0.2, 0.25) is 0 Å². The fraction of sp³-hybridized carbons (Fsp3) is 0.588. The monoisotopic (exact) mass is 591 g/mol. The second kappa shape index (κ2) is 11.7. The molecule has 232 valence electrons. The summed E-state index contributed by atoms with van der Waals surface area (Å²) in [5.74, 6) is 1.55. The minimum absolute atomic E-state index is 0.00912. The molecule has 2 aromatic heterocycles. The molecular weight excluding hydrogens is 546 g/mol. The second-order valence-electron chi connectivity index (χ2n) is 14.0.